The average molecular weight is 445 g/mol. The first-order valence-electron chi connectivity index (χ1n) is 10.3. The third kappa shape index (κ3) is 5.86. The van der Waals surface area contributed by atoms with E-state index >= 15 is 0 Å². The molecule has 3 rings (SSSR count). The van der Waals surface area contributed by atoms with Crippen molar-refractivity contribution in [3.63, 3.8) is 0 Å². The molecule has 1 amide bonds. The van der Waals surface area contributed by atoms with Crippen LogP contribution < -0.4 is 15.4 Å². The van der Waals surface area contributed by atoms with Crippen molar-refractivity contribution in [3.8, 4) is 5.75 Å². The molecule has 10 heteroatoms. The third-order valence-electron chi connectivity index (χ3n) is 4.44. The van der Waals surface area contributed by atoms with Crippen molar-refractivity contribution in [1.29, 1.82) is 0 Å². The molecule has 0 saturated heterocycles. The van der Waals surface area contributed by atoms with Gasteiger partial charge in [-0.1, -0.05) is 23.9 Å². The Hall–Kier alpha value is -2.85. The monoisotopic (exact) mass is 444 g/mol. The highest BCUT2D eigenvalue weighted by Gasteiger charge is 2.14. The standard InChI is InChI=1S/C21H28N6O3S/c1-4-29-13-11-22-18-16-14-24-27(19(16)26-21(25-18)31-3)12-10-23-20(28)15-8-6-7-9-17(15)30-5-2/h6-9,14H,4-5,10-13H2,1-3H3,(H,23,28)(H,22,25,26). The van der Waals surface area contributed by atoms with E-state index in [2.05, 4.69) is 25.7 Å². The van der Waals surface area contributed by atoms with Crippen LogP contribution in [0.5, 0.6) is 5.75 Å². The number of hydrogen-bond acceptors (Lipinski definition) is 8. The van der Waals surface area contributed by atoms with Crippen LogP contribution in [0.4, 0.5) is 5.82 Å². The molecule has 0 unspecified atom stereocenters. The van der Waals surface area contributed by atoms with Gasteiger partial charge in [0.15, 0.2) is 10.8 Å². The van der Waals surface area contributed by atoms with E-state index in [1.54, 1.807) is 23.0 Å². The fraction of sp³-hybridized carbons (Fsp3) is 0.429. The molecule has 2 heterocycles. The number of rotatable bonds is 12. The molecule has 2 aromatic heterocycles. The van der Waals surface area contributed by atoms with Gasteiger partial charge in [-0.05, 0) is 32.2 Å². The highest BCUT2D eigenvalue weighted by Crippen LogP contribution is 2.23. The zero-order valence-corrected chi connectivity index (χ0v) is 18.9. The summed E-state index contributed by atoms with van der Waals surface area (Å²) in [6.07, 6.45) is 3.68. The maximum Gasteiger partial charge on any atom is 0.255 e. The molecule has 0 saturated carbocycles. The Morgan fingerprint density at radius 1 is 1.16 bits per heavy atom. The quantitative estimate of drug-likeness (QED) is 0.250. The van der Waals surface area contributed by atoms with Crippen LogP contribution in [-0.2, 0) is 11.3 Å². The fourth-order valence-electron chi connectivity index (χ4n) is 3.02. The molecule has 0 fully saturated rings. The lowest BCUT2D eigenvalue weighted by Crippen LogP contribution is -2.28. The molecule has 31 heavy (non-hydrogen) atoms. The van der Waals surface area contributed by atoms with Crippen molar-refractivity contribution in [3.05, 3.63) is 36.0 Å². The minimum Gasteiger partial charge on any atom is -0.493 e. The largest absolute Gasteiger partial charge is 0.493 e. The molecule has 0 aliphatic rings. The Bertz CT molecular complexity index is 1010. The number of nitrogens with one attached hydrogen (secondary N) is 2. The van der Waals surface area contributed by atoms with Crippen LogP contribution in [0, 0.1) is 0 Å². The Morgan fingerprint density at radius 2 is 2.00 bits per heavy atom. The molecule has 0 spiro atoms. The summed E-state index contributed by atoms with van der Waals surface area (Å²) >= 11 is 1.47. The Morgan fingerprint density at radius 3 is 2.77 bits per heavy atom. The number of amides is 1. The predicted molar refractivity (Wildman–Crippen MR) is 122 cm³/mol. The average Bonchev–Trinajstić information content (AvgIpc) is 3.20. The summed E-state index contributed by atoms with van der Waals surface area (Å²) in [6, 6.07) is 7.21. The molecule has 3 aromatic rings. The topological polar surface area (TPSA) is 103 Å². The number of carbonyl (C=O) groups excluding carboxylic acids is 1. The molecular formula is C21H28N6O3S. The van der Waals surface area contributed by atoms with E-state index in [-0.39, 0.29) is 5.91 Å². The maximum absolute atomic E-state index is 12.6. The Kier molecular flexibility index (Phi) is 8.48. The molecule has 2 N–H and O–H groups in total. The Balaban J connectivity index is 1.68. The van der Waals surface area contributed by atoms with Crippen LogP contribution in [0.3, 0.4) is 0 Å². The molecular weight excluding hydrogens is 416 g/mol. The number of aromatic nitrogens is 4. The van der Waals surface area contributed by atoms with Gasteiger partial charge < -0.3 is 20.1 Å². The highest BCUT2D eigenvalue weighted by atomic mass is 32.2. The van der Waals surface area contributed by atoms with E-state index in [1.165, 1.54) is 11.8 Å². The molecule has 0 bridgehead atoms. The van der Waals surface area contributed by atoms with Gasteiger partial charge in [0.05, 0.1) is 36.9 Å². The number of ether oxygens (including phenoxy) is 2. The molecule has 0 atom stereocenters. The number of fused-ring (bicyclic) bond motifs is 1. The summed E-state index contributed by atoms with van der Waals surface area (Å²) in [5.41, 5.74) is 1.24. The van der Waals surface area contributed by atoms with E-state index in [0.29, 0.717) is 55.9 Å². The van der Waals surface area contributed by atoms with Crippen molar-refractivity contribution in [1.82, 2.24) is 25.1 Å². The van der Waals surface area contributed by atoms with E-state index in [4.69, 9.17) is 9.47 Å². The van der Waals surface area contributed by atoms with Gasteiger partial charge in [0.2, 0.25) is 0 Å². The van der Waals surface area contributed by atoms with E-state index in [1.807, 2.05) is 32.2 Å². The van der Waals surface area contributed by atoms with Crippen molar-refractivity contribution < 1.29 is 14.3 Å². The fourth-order valence-corrected chi connectivity index (χ4v) is 3.38. The van der Waals surface area contributed by atoms with Gasteiger partial charge in [0, 0.05) is 19.7 Å². The summed E-state index contributed by atoms with van der Waals surface area (Å²) in [5.74, 6) is 1.13. The number of benzene rings is 1. The summed E-state index contributed by atoms with van der Waals surface area (Å²) in [7, 11) is 0. The number of carbonyl (C=O) groups is 1. The summed E-state index contributed by atoms with van der Waals surface area (Å²) in [5, 5.41) is 12.2. The van der Waals surface area contributed by atoms with E-state index in [0.717, 1.165) is 16.9 Å². The third-order valence-corrected chi connectivity index (χ3v) is 4.99. The predicted octanol–water partition coefficient (Wildman–Crippen LogP) is 2.83. The zero-order valence-electron chi connectivity index (χ0n) is 18.1. The number of thioether (sulfide) groups is 1. The molecule has 9 nitrogen and oxygen atoms in total. The minimum atomic E-state index is -0.182. The van der Waals surface area contributed by atoms with Gasteiger partial charge in [-0.2, -0.15) is 5.10 Å². The van der Waals surface area contributed by atoms with Crippen molar-refractivity contribution in [2.45, 2.75) is 25.5 Å². The van der Waals surface area contributed by atoms with E-state index < -0.39 is 0 Å². The van der Waals surface area contributed by atoms with Gasteiger partial charge >= 0.3 is 0 Å². The second kappa shape index (κ2) is 11.5. The van der Waals surface area contributed by atoms with Crippen LogP contribution >= 0.6 is 11.8 Å². The summed E-state index contributed by atoms with van der Waals surface area (Å²) in [4.78, 5) is 21.7. The van der Waals surface area contributed by atoms with Gasteiger partial charge in [0.25, 0.3) is 5.91 Å². The first-order chi connectivity index (χ1) is 15.2. The second-order valence-electron chi connectivity index (χ2n) is 6.47. The normalized spacial score (nSPS) is 10.9. The zero-order chi connectivity index (χ0) is 22.1. The van der Waals surface area contributed by atoms with Crippen molar-refractivity contribution >= 4 is 34.5 Å². The van der Waals surface area contributed by atoms with Gasteiger partial charge in [-0.25, -0.2) is 14.6 Å². The van der Waals surface area contributed by atoms with Gasteiger partial charge in [0.1, 0.15) is 11.6 Å². The van der Waals surface area contributed by atoms with E-state index in [9.17, 15) is 4.79 Å². The second-order valence-corrected chi connectivity index (χ2v) is 7.25. The van der Waals surface area contributed by atoms with Crippen LogP contribution in [0.2, 0.25) is 0 Å². The highest BCUT2D eigenvalue weighted by molar-refractivity contribution is 7.98. The summed E-state index contributed by atoms with van der Waals surface area (Å²) < 4.78 is 12.7. The number of nitrogens with zero attached hydrogens (tertiary/aromatic N) is 4. The lowest BCUT2D eigenvalue weighted by molar-refractivity contribution is 0.0948. The first kappa shape index (κ1) is 22.8. The minimum absolute atomic E-state index is 0.182. The number of hydrogen-bond donors (Lipinski definition) is 2. The van der Waals surface area contributed by atoms with Crippen LogP contribution in [0.25, 0.3) is 11.0 Å². The first-order valence-corrected chi connectivity index (χ1v) is 11.5. The molecule has 0 radical (unpaired) electrons. The molecule has 1 aromatic carbocycles. The maximum atomic E-state index is 12.6. The molecule has 166 valence electrons. The Labute approximate surface area is 185 Å². The van der Waals surface area contributed by atoms with Crippen LogP contribution in [0.1, 0.15) is 24.2 Å². The molecule has 0 aliphatic heterocycles. The van der Waals surface area contributed by atoms with Crippen LogP contribution in [-0.4, -0.2) is 64.8 Å². The lowest BCUT2D eigenvalue weighted by Gasteiger charge is -2.11. The van der Waals surface area contributed by atoms with Gasteiger partial charge in [-0.15, -0.1) is 0 Å². The number of anilines is 1. The van der Waals surface area contributed by atoms with Crippen molar-refractivity contribution in [2.75, 3.05) is 44.5 Å². The van der Waals surface area contributed by atoms with Crippen molar-refractivity contribution in [2.24, 2.45) is 0 Å². The van der Waals surface area contributed by atoms with Crippen LogP contribution in [0.15, 0.2) is 35.6 Å². The number of para-hydroxylation sites is 1. The van der Waals surface area contributed by atoms with Gasteiger partial charge in [-0.3, -0.25) is 4.79 Å². The molecule has 0 aliphatic carbocycles. The smallest absolute Gasteiger partial charge is 0.255 e. The lowest BCUT2D eigenvalue weighted by atomic mass is 10.2. The SMILES string of the molecule is CCOCCNc1nc(SC)nc2c1cnn2CCNC(=O)c1ccccc1OCC. The summed E-state index contributed by atoms with van der Waals surface area (Å²) in [6.45, 7) is 7.16.